The van der Waals surface area contributed by atoms with Gasteiger partial charge in [-0.25, -0.2) is 4.98 Å². The number of carbonyl (C=O) groups excluding carboxylic acids is 2. The van der Waals surface area contributed by atoms with Crippen LogP contribution in [0.3, 0.4) is 0 Å². The molecule has 1 amide bonds. The summed E-state index contributed by atoms with van der Waals surface area (Å²) in [6.07, 6.45) is 5.56. The minimum atomic E-state index is -0.262. The molecule has 1 N–H and O–H groups in total. The van der Waals surface area contributed by atoms with Gasteiger partial charge < -0.3 is 10.1 Å². The van der Waals surface area contributed by atoms with Crippen LogP contribution in [0.5, 0.6) is 0 Å². The Hall–Kier alpha value is -1.08. The van der Waals surface area contributed by atoms with Crippen molar-refractivity contribution in [1.82, 2.24) is 10.3 Å². The first kappa shape index (κ1) is 18.7. The Balaban J connectivity index is 1.40. The Morgan fingerprint density at radius 2 is 2.28 bits per heavy atom. The van der Waals surface area contributed by atoms with Crippen molar-refractivity contribution in [2.75, 3.05) is 12.4 Å². The Morgan fingerprint density at radius 1 is 1.44 bits per heavy atom. The van der Waals surface area contributed by atoms with Gasteiger partial charge in [-0.3, -0.25) is 9.59 Å². The van der Waals surface area contributed by atoms with Crippen LogP contribution in [0.15, 0.2) is 9.72 Å². The molecule has 3 rings (SSSR count). The lowest BCUT2D eigenvalue weighted by Gasteiger charge is -2.28. The summed E-state index contributed by atoms with van der Waals surface area (Å²) in [6.45, 7) is 4.32. The third-order valence-electron chi connectivity index (χ3n) is 5.31. The highest BCUT2D eigenvalue weighted by molar-refractivity contribution is 8.01. The average molecular weight is 383 g/mol. The number of nitrogens with one attached hydrogen (secondary N) is 1. The third kappa shape index (κ3) is 4.97. The average Bonchev–Trinajstić information content (AvgIpc) is 3.29. The second-order valence-electron chi connectivity index (χ2n) is 7.07. The molecule has 5 nitrogen and oxygen atoms in total. The number of hydrogen-bond acceptors (Lipinski definition) is 6. The molecule has 7 heteroatoms. The number of esters is 1. The van der Waals surface area contributed by atoms with Crippen molar-refractivity contribution in [2.45, 2.75) is 56.3 Å². The first-order chi connectivity index (χ1) is 12.0. The van der Waals surface area contributed by atoms with Gasteiger partial charge in [-0.05, 0) is 50.9 Å². The Labute approximate surface area is 157 Å². The molecule has 0 radical (unpaired) electrons. The maximum atomic E-state index is 12.2. The lowest BCUT2D eigenvalue weighted by atomic mass is 9.84. The minimum absolute atomic E-state index is 0.0717. The van der Waals surface area contributed by atoms with E-state index in [-0.39, 0.29) is 24.3 Å². The summed E-state index contributed by atoms with van der Waals surface area (Å²) in [5.74, 6) is 2.56. The predicted octanol–water partition coefficient (Wildman–Crippen LogP) is 3.28. The summed E-state index contributed by atoms with van der Waals surface area (Å²) < 4.78 is 5.74. The van der Waals surface area contributed by atoms with E-state index in [1.807, 2.05) is 5.38 Å². The van der Waals surface area contributed by atoms with Crippen LogP contribution in [0.4, 0.5) is 0 Å². The number of nitrogens with zero attached hydrogens (tertiary/aromatic N) is 1. The largest absolute Gasteiger partial charge is 0.466 e. The number of hydrogen-bond donors (Lipinski definition) is 1. The predicted molar refractivity (Wildman–Crippen MR) is 99.7 cm³/mol. The van der Waals surface area contributed by atoms with Crippen molar-refractivity contribution in [3.63, 3.8) is 0 Å². The highest BCUT2D eigenvalue weighted by Gasteiger charge is 2.42. The summed E-state index contributed by atoms with van der Waals surface area (Å²) in [7, 11) is 0. The van der Waals surface area contributed by atoms with Crippen molar-refractivity contribution in [3.8, 4) is 0 Å². The monoisotopic (exact) mass is 382 g/mol. The van der Waals surface area contributed by atoms with E-state index in [2.05, 4.69) is 17.2 Å². The molecule has 2 bridgehead atoms. The molecule has 138 valence electrons. The summed E-state index contributed by atoms with van der Waals surface area (Å²) in [5, 5.41) is 5.03. The number of ether oxygens (including phenoxy) is 1. The van der Waals surface area contributed by atoms with Gasteiger partial charge in [-0.2, -0.15) is 0 Å². The number of aromatic nitrogens is 1. The lowest BCUT2D eigenvalue weighted by Crippen LogP contribution is -2.40. The molecule has 25 heavy (non-hydrogen) atoms. The Bertz CT molecular complexity index is 619. The zero-order valence-corrected chi connectivity index (χ0v) is 16.5. The maximum absolute atomic E-state index is 12.2. The molecule has 0 aliphatic heterocycles. The normalized spacial score (nSPS) is 25.8. The van der Waals surface area contributed by atoms with Gasteiger partial charge in [0.1, 0.15) is 0 Å². The summed E-state index contributed by atoms with van der Waals surface area (Å²) in [5.41, 5.74) is 0.710. The molecule has 1 aromatic heterocycles. The van der Waals surface area contributed by atoms with Gasteiger partial charge in [0.2, 0.25) is 5.91 Å². The molecule has 2 aliphatic rings. The van der Waals surface area contributed by atoms with Crippen molar-refractivity contribution in [2.24, 2.45) is 17.8 Å². The smallest absolute Gasteiger partial charge is 0.311 e. The number of carbonyl (C=O) groups is 2. The van der Waals surface area contributed by atoms with Crippen LogP contribution in [0.1, 0.15) is 45.2 Å². The van der Waals surface area contributed by atoms with Gasteiger partial charge >= 0.3 is 5.97 Å². The topological polar surface area (TPSA) is 68.3 Å². The van der Waals surface area contributed by atoms with Crippen LogP contribution in [0.2, 0.25) is 0 Å². The van der Waals surface area contributed by atoms with Crippen LogP contribution >= 0.6 is 23.1 Å². The second-order valence-corrected chi connectivity index (χ2v) is 9.15. The lowest BCUT2D eigenvalue weighted by molar-refractivity contribution is -0.142. The fraction of sp³-hybridized carbons (Fsp3) is 0.722. The van der Waals surface area contributed by atoms with Crippen LogP contribution in [-0.2, 0) is 20.7 Å². The molecule has 0 unspecified atom stereocenters. The van der Waals surface area contributed by atoms with Gasteiger partial charge in [0.05, 0.1) is 24.5 Å². The molecular weight excluding hydrogens is 356 g/mol. The SMILES string of the molecule is CCOC(=O)Cc1csc(SCC(=O)N[C@H](C)[C@H]2C[C@H]3CC[C@H]2C3)n1. The quantitative estimate of drug-likeness (QED) is 0.552. The van der Waals surface area contributed by atoms with E-state index in [9.17, 15) is 9.59 Å². The van der Waals surface area contributed by atoms with Crippen LogP contribution in [0, 0.1) is 17.8 Å². The molecule has 2 fully saturated rings. The highest BCUT2D eigenvalue weighted by Crippen LogP contribution is 2.49. The molecule has 0 aromatic carbocycles. The Kier molecular flexibility index (Phi) is 6.39. The van der Waals surface area contributed by atoms with Gasteiger partial charge in [0.15, 0.2) is 4.34 Å². The van der Waals surface area contributed by atoms with Crippen molar-refractivity contribution >= 4 is 35.0 Å². The number of rotatable bonds is 8. The van der Waals surface area contributed by atoms with E-state index in [0.29, 0.717) is 24.0 Å². The van der Waals surface area contributed by atoms with Crippen molar-refractivity contribution in [1.29, 1.82) is 0 Å². The van der Waals surface area contributed by atoms with E-state index in [4.69, 9.17) is 4.74 Å². The number of thioether (sulfide) groups is 1. The first-order valence-electron chi connectivity index (χ1n) is 9.07. The van der Waals surface area contributed by atoms with E-state index in [1.54, 1.807) is 6.92 Å². The van der Waals surface area contributed by atoms with Gasteiger partial charge in [-0.1, -0.05) is 18.2 Å². The zero-order valence-electron chi connectivity index (χ0n) is 14.8. The van der Waals surface area contributed by atoms with Gasteiger partial charge in [0.25, 0.3) is 0 Å². The molecule has 0 saturated heterocycles. The molecule has 2 aliphatic carbocycles. The summed E-state index contributed by atoms with van der Waals surface area (Å²) in [6, 6.07) is 0.263. The Morgan fingerprint density at radius 3 is 2.96 bits per heavy atom. The fourth-order valence-corrected chi connectivity index (χ4v) is 5.89. The van der Waals surface area contributed by atoms with Crippen molar-refractivity contribution in [3.05, 3.63) is 11.1 Å². The number of fused-ring (bicyclic) bond motifs is 2. The number of thiazole rings is 1. The van der Waals surface area contributed by atoms with E-state index in [0.717, 1.165) is 16.2 Å². The minimum Gasteiger partial charge on any atom is -0.466 e. The first-order valence-corrected chi connectivity index (χ1v) is 10.9. The molecular formula is C18H26N2O3S2. The number of amides is 1. The van der Waals surface area contributed by atoms with Gasteiger partial charge in [-0.15, -0.1) is 11.3 Å². The molecule has 0 spiro atoms. The van der Waals surface area contributed by atoms with Crippen LogP contribution in [0.25, 0.3) is 0 Å². The molecule has 2 saturated carbocycles. The maximum Gasteiger partial charge on any atom is 0.311 e. The van der Waals surface area contributed by atoms with Crippen LogP contribution in [-0.4, -0.2) is 35.3 Å². The van der Waals surface area contributed by atoms with E-state index in [1.165, 1.54) is 48.8 Å². The summed E-state index contributed by atoms with van der Waals surface area (Å²) in [4.78, 5) is 28.1. The molecule has 1 aromatic rings. The van der Waals surface area contributed by atoms with E-state index < -0.39 is 0 Å². The van der Waals surface area contributed by atoms with Crippen LogP contribution < -0.4 is 5.32 Å². The standard InChI is InChI=1S/C18H26N2O3S2/c1-3-23-17(22)8-14-9-24-18(20-14)25-10-16(21)19-11(2)15-7-12-4-5-13(15)6-12/h9,11-13,15H,3-8,10H2,1-2H3,(H,19,21)/t11-,12+,13+,15-/m1/s1. The molecule has 4 atom stereocenters. The summed E-state index contributed by atoms with van der Waals surface area (Å²) >= 11 is 2.90. The second kappa shape index (κ2) is 8.54. The fourth-order valence-electron chi connectivity index (χ4n) is 4.23. The third-order valence-corrected chi connectivity index (χ3v) is 7.38. The van der Waals surface area contributed by atoms with Gasteiger partial charge in [0, 0.05) is 11.4 Å². The molecule has 1 heterocycles. The van der Waals surface area contributed by atoms with E-state index >= 15 is 0 Å². The van der Waals surface area contributed by atoms with Crippen molar-refractivity contribution < 1.29 is 14.3 Å². The highest BCUT2D eigenvalue weighted by atomic mass is 32.2. The zero-order chi connectivity index (χ0) is 17.8.